The standard InChI is InChI=1S/C17H21N3O3S/c1-13(2)11-19-17(21)14-6-5-8-16(10-14)24(22,23)20-12-15-7-3-4-9-18-15/h3-10,13,20H,11-12H2,1-2H3,(H,19,21). The third-order valence-electron chi connectivity index (χ3n) is 3.25. The van der Waals surface area contributed by atoms with Crippen molar-refractivity contribution in [3.63, 3.8) is 0 Å². The molecule has 0 atom stereocenters. The summed E-state index contributed by atoms with van der Waals surface area (Å²) in [5.41, 5.74) is 0.934. The molecule has 0 aliphatic heterocycles. The molecule has 1 heterocycles. The minimum atomic E-state index is -3.72. The Labute approximate surface area is 142 Å². The molecular weight excluding hydrogens is 326 g/mol. The van der Waals surface area contributed by atoms with Crippen LogP contribution in [0.3, 0.4) is 0 Å². The van der Waals surface area contributed by atoms with Gasteiger partial charge in [-0.2, -0.15) is 0 Å². The summed E-state index contributed by atoms with van der Waals surface area (Å²) < 4.78 is 27.2. The average molecular weight is 347 g/mol. The van der Waals surface area contributed by atoms with Gasteiger partial charge in [-0.1, -0.05) is 26.0 Å². The number of carbonyl (C=O) groups is 1. The van der Waals surface area contributed by atoms with Gasteiger partial charge in [0, 0.05) is 18.3 Å². The van der Waals surface area contributed by atoms with Crippen molar-refractivity contribution in [2.45, 2.75) is 25.3 Å². The van der Waals surface area contributed by atoms with Crippen molar-refractivity contribution in [3.8, 4) is 0 Å². The normalized spacial score (nSPS) is 11.5. The number of pyridine rings is 1. The number of amides is 1. The van der Waals surface area contributed by atoms with Crippen molar-refractivity contribution in [3.05, 3.63) is 59.9 Å². The second-order valence-corrected chi connectivity index (χ2v) is 7.54. The topological polar surface area (TPSA) is 88.2 Å². The van der Waals surface area contributed by atoms with Gasteiger partial charge in [0.25, 0.3) is 5.91 Å². The molecule has 6 nitrogen and oxygen atoms in total. The van der Waals surface area contributed by atoms with Crippen LogP contribution < -0.4 is 10.0 Å². The summed E-state index contributed by atoms with van der Waals surface area (Å²) in [6, 6.07) is 11.3. The summed E-state index contributed by atoms with van der Waals surface area (Å²) in [4.78, 5) is 16.2. The second kappa shape index (κ2) is 8.03. The Morgan fingerprint density at radius 1 is 1.17 bits per heavy atom. The van der Waals surface area contributed by atoms with E-state index >= 15 is 0 Å². The number of hydrogen-bond acceptors (Lipinski definition) is 4. The lowest BCUT2D eigenvalue weighted by Gasteiger charge is -2.10. The fourth-order valence-corrected chi connectivity index (χ4v) is 3.00. The van der Waals surface area contributed by atoms with Crippen LogP contribution in [0.25, 0.3) is 0 Å². The van der Waals surface area contributed by atoms with Crippen LogP contribution in [0.5, 0.6) is 0 Å². The largest absolute Gasteiger partial charge is 0.352 e. The Hall–Kier alpha value is -2.25. The maximum atomic E-state index is 12.4. The monoisotopic (exact) mass is 347 g/mol. The van der Waals surface area contributed by atoms with Gasteiger partial charge in [-0.3, -0.25) is 9.78 Å². The van der Waals surface area contributed by atoms with Crippen molar-refractivity contribution in [1.29, 1.82) is 0 Å². The van der Waals surface area contributed by atoms with E-state index in [4.69, 9.17) is 0 Å². The number of rotatable bonds is 7. The lowest BCUT2D eigenvalue weighted by molar-refractivity contribution is 0.0949. The number of nitrogens with zero attached hydrogens (tertiary/aromatic N) is 1. The number of sulfonamides is 1. The van der Waals surface area contributed by atoms with Crippen LogP contribution in [0.4, 0.5) is 0 Å². The van der Waals surface area contributed by atoms with E-state index in [9.17, 15) is 13.2 Å². The highest BCUT2D eigenvalue weighted by molar-refractivity contribution is 7.89. The van der Waals surface area contributed by atoms with Crippen LogP contribution >= 0.6 is 0 Å². The van der Waals surface area contributed by atoms with Crippen molar-refractivity contribution in [2.75, 3.05) is 6.54 Å². The molecule has 2 rings (SSSR count). The zero-order chi connectivity index (χ0) is 17.6. The van der Waals surface area contributed by atoms with E-state index in [1.807, 2.05) is 13.8 Å². The average Bonchev–Trinajstić information content (AvgIpc) is 2.59. The summed E-state index contributed by atoms with van der Waals surface area (Å²) in [7, 11) is -3.72. The summed E-state index contributed by atoms with van der Waals surface area (Å²) in [5.74, 6) is 0.0337. The number of hydrogen-bond donors (Lipinski definition) is 2. The van der Waals surface area contributed by atoms with Crippen LogP contribution in [0.1, 0.15) is 29.9 Å². The molecule has 7 heteroatoms. The fraction of sp³-hybridized carbons (Fsp3) is 0.294. The van der Waals surface area contributed by atoms with E-state index in [0.29, 0.717) is 23.7 Å². The van der Waals surface area contributed by atoms with Crippen LogP contribution in [-0.2, 0) is 16.6 Å². The number of benzene rings is 1. The Bertz CT molecular complexity index is 790. The van der Waals surface area contributed by atoms with Gasteiger partial charge in [-0.05, 0) is 36.2 Å². The molecular formula is C17H21N3O3S. The lowest BCUT2D eigenvalue weighted by atomic mass is 10.2. The Morgan fingerprint density at radius 3 is 2.62 bits per heavy atom. The van der Waals surface area contributed by atoms with E-state index in [1.165, 1.54) is 12.1 Å². The highest BCUT2D eigenvalue weighted by Gasteiger charge is 2.16. The summed E-state index contributed by atoms with van der Waals surface area (Å²) >= 11 is 0. The maximum absolute atomic E-state index is 12.4. The first-order valence-corrected chi connectivity index (χ1v) is 9.14. The summed E-state index contributed by atoms with van der Waals surface area (Å²) in [5, 5.41) is 2.77. The van der Waals surface area contributed by atoms with Crippen molar-refractivity contribution >= 4 is 15.9 Å². The number of carbonyl (C=O) groups excluding carboxylic acids is 1. The van der Waals surface area contributed by atoms with Gasteiger partial charge < -0.3 is 5.32 Å². The third-order valence-corrected chi connectivity index (χ3v) is 4.65. The first-order valence-electron chi connectivity index (χ1n) is 7.66. The molecule has 0 unspecified atom stereocenters. The molecule has 0 aliphatic carbocycles. The van der Waals surface area contributed by atoms with Gasteiger partial charge in [0.05, 0.1) is 17.1 Å². The predicted molar refractivity (Wildman–Crippen MR) is 91.9 cm³/mol. The van der Waals surface area contributed by atoms with Crippen LogP contribution in [0, 0.1) is 5.92 Å². The van der Waals surface area contributed by atoms with Crippen LogP contribution in [0.2, 0.25) is 0 Å². The van der Waals surface area contributed by atoms with Gasteiger partial charge in [-0.15, -0.1) is 0 Å². The van der Waals surface area contributed by atoms with E-state index < -0.39 is 10.0 Å². The number of aromatic nitrogens is 1. The molecule has 128 valence electrons. The Balaban J connectivity index is 2.10. The molecule has 0 spiro atoms. The molecule has 24 heavy (non-hydrogen) atoms. The van der Waals surface area contributed by atoms with E-state index in [-0.39, 0.29) is 17.3 Å². The minimum Gasteiger partial charge on any atom is -0.352 e. The Kier molecular flexibility index (Phi) is 6.05. The van der Waals surface area contributed by atoms with Gasteiger partial charge in [0.1, 0.15) is 0 Å². The number of nitrogens with one attached hydrogen (secondary N) is 2. The maximum Gasteiger partial charge on any atom is 0.251 e. The zero-order valence-electron chi connectivity index (χ0n) is 13.7. The van der Waals surface area contributed by atoms with Crippen molar-refractivity contribution in [1.82, 2.24) is 15.0 Å². The lowest BCUT2D eigenvalue weighted by Crippen LogP contribution is -2.28. The van der Waals surface area contributed by atoms with Gasteiger partial charge >= 0.3 is 0 Å². The van der Waals surface area contributed by atoms with Gasteiger partial charge in [-0.25, -0.2) is 13.1 Å². The minimum absolute atomic E-state index is 0.0515. The van der Waals surface area contributed by atoms with Gasteiger partial charge in [0.2, 0.25) is 10.0 Å². The van der Waals surface area contributed by atoms with Crippen LogP contribution in [-0.4, -0.2) is 25.9 Å². The molecule has 1 aromatic heterocycles. The molecule has 0 saturated carbocycles. The molecule has 0 radical (unpaired) electrons. The molecule has 0 bridgehead atoms. The second-order valence-electron chi connectivity index (χ2n) is 5.78. The van der Waals surface area contributed by atoms with E-state index in [1.54, 1.807) is 36.5 Å². The first kappa shape index (κ1) is 18.1. The van der Waals surface area contributed by atoms with Crippen molar-refractivity contribution in [2.24, 2.45) is 5.92 Å². The van der Waals surface area contributed by atoms with E-state index in [2.05, 4.69) is 15.0 Å². The Morgan fingerprint density at radius 2 is 1.96 bits per heavy atom. The molecule has 0 fully saturated rings. The molecule has 2 N–H and O–H groups in total. The SMILES string of the molecule is CC(C)CNC(=O)c1cccc(S(=O)(=O)NCc2ccccn2)c1. The predicted octanol–water partition coefficient (Wildman–Crippen LogP) is 1.95. The summed E-state index contributed by atoms with van der Waals surface area (Å²) in [6.45, 7) is 4.60. The first-order chi connectivity index (χ1) is 11.4. The quantitative estimate of drug-likeness (QED) is 0.801. The van der Waals surface area contributed by atoms with Crippen LogP contribution in [0.15, 0.2) is 53.6 Å². The summed E-state index contributed by atoms with van der Waals surface area (Å²) in [6.07, 6.45) is 1.60. The molecule has 0 saturated heterocycles. The fourth-order valence-electron chi connectivity index (χ4n) is 1.96. The molecule has 2 aromatic rings. The van der Waals surface area contributed by atoms with Crippen molar-refractivity contribution < 1.29 is 13.2 Å². The van der Waals surface area contributed by atoms with E-state index in [0.717, 1.165) is 0 Å². The smallest absolute Gasteiger partial charge is 0.251 e. The third kappa shape index (κ3) is 5.14. The molecule has 1 aromatic carbocycles. The molecule has 1 amide bonds. The van der Waals surface area contributed by atoms with Gasteiger partial charge in [0.15, 0.2) is 0 Å². The highest BCUT2D eigenvalue weighted by atomic mass is 32.2. The molecule has 0 aliphatic rings. The highest BCUT2D eigenvalue weighted by Crippen LogP contribution is 2.12. The zero-order valence-corrected chi connectivity index (χ0v) is 14.5.